The fraction of sp³-hybridized carbons (Fsp3) is 0.474. The Morgan fingerprint density at radius 1 is 1.08 bits per heavy atom. The second-order valence-electron chi connectivity index (χ2n) is 7.24. The van der Waals surface area contributed by atoms with E-state index in [1.54, 1.807) is 24.3 Å². The molecule has 3 aliphatic rings. The predicted molar refractivity (Wildman–Crippen MR) is 90.4 cm³/mol. The van der Waals surface area contributed by atoms with Crippen LogP contribution in [0.1, 0.15) is 46.4 Å². The number of imide groups is 1. The van der Waals surface area contributed by atoms with E-state index in [1.807, 2.05) is 0 Å². The van der Waals surface area contributed by atoms with Crippen LogP contribution in [0.15, 0.2) is 24.3 Å². The Morgan fingerprint density at radius 3 is 2.35 bits per heavy atom. The summed E-state index contributed by atoms with van der Waals surface area (Å²) >= 11 is 0. The monoisotopic (exact) mass is 356 g/mol. The lowest BCUT2D eigenvalue weighted by atomic mass is 9.94. The van der Waals surface area contributed by atoms with Crippen LogP contribution in [0, 0.1) is 11.8 Å². The van der Waals surface area contributed by atoms with Gasteiger partial charge in [-0.05, 0) is 36.8 Å². The van der Waals surface area contributed by atoms with Gasteiger partial charge in [-0.2, -0.15) is 0 Å². The molecule has 136 valence electrons. The van der Waals surface area contributed by atoms with Crippen molar-refractivity contribution in [2.45, 2.75) is 31.7 Å². The molecule has 1 aliphatic carbocycles. The minimum absolute atomic E-state index is 0.0238. The Kier molecular flexibility index (Phi) is 4.01. The highest BCUT2D eigenvalue weighted by atomic mass is 16.4. The molecule has 0 aromatic heterocycles. The second kappa shape index (κ2) is 6.23. The van der Waals surface area contributed by atoms with E-state index in [9.17, 15) is 24.3 Å². The number of aliphatic carboxylic acids is 1. The van der Waals surface area contributed by atoms with Crippen LogP contribution in [-0.2, 0) is 9.59 Å². The van der Waals surface area contributed by atoms with Crippen molar-refractivity contribution >= 4 is 23.7 Å². The molecule has 26 heavy (non-hydrogen) atoms. The summed E-state index contributed by atoms with van der Waals surface area (Å²) in [6.07, 6.45) is 2.76. The standard InChI is InChI=1S/C19H20N2O5/c22-15(21-10-11-4-3-7-12(11)16(21)19(25)26)8-9-20-17(23)13-5-1-2-6-14(13)18(20)24/h1-2,5-6,11-12,16H,3-4,7-10H2,(H,25,26). The first kappa shape index (κ1) is 16.8. The van der Waals surface area contributed by atoms with Crippen LogP contribution in [-0.4, -0.2) is 57.7 Å². The Morgan fingerprint density at radius 2 is 1.73 bits per heavy atom. The van der Waals surface area contributed by atoms with Crippen LogP contribution in [0.25, 0.3) is 0 Å². The van der Waals surface area contributed by atoms with Crippen LogP contribution in [0.5, 0.6) is 0 Å². The highest BCUT2D eigenvalue weighted by molar-refractivity contribution is 6.21. The molecule has 2 heterocycles. The fourth-order valence-electron chi connectivity index (χ4n) is 4.67. The number of hydrogen-bond acceptors (Lipinski definition) is 4. The van der Waals surface area contributed by atoms with Crippen molar-refractivity contribution < 1.29 is 24.3 Å². The van der Waals surface area contributed by atoms with E-state index in [1.165, 1.54) is 4.90 Å². The summed E-state index contributed by atoms with van der Waals surface area (Å²) in [4.78, 5) is 51.5. The van der Waals surface area contributed by atoms with Gasteiger partial charge in [-0.15, -0.1) is 0 Å². The molecule has 2 aliphatic heterocycles. The van der Waals surface area contributed by atoms with Crippen LogP contribution in [0.4, 0.5) is 0 Å². The molecule has 1 saturated carbocycles. The number of fused-ring (bicyclic) bond motifs is 2. The summed E-state index contributed by atoms with van der Waals surface area (Å²) in [7, 11) is 0. The van der Waals surface area contributed by atoms with Crippen molar-refractivity contribution in [2.24, 2.45) is 11.8 Å². The molecule has 1 aromatic rings. The van der Waals surface area contributed by atoms with Gasteiger partial charge in [0, 0.05) is 19.5 Å². The van der Waals surface area contributed by atoms with Gasteiger partial charge in [0.2, 0.25) is 5.91 Å². The molecule has 3 unspecified atom stereocenters. The van der Waals surface area contributed by atoms with Crippen molar-refractivity contribution in [3.63, 3.8) is 0 Å². The minimum Gasteiger partial charge on any atom is -0.480 e. The third kappa shape index (κ3) is 2.50. The lowest BCUT2D eigenvalue weighted by molar-refractivity contribution is -0.149. The van der Waals surface area contributed by atoms with Crippen LogP contribution < -0.4 is 0 Å². The quantitative estimate of drug-likeness (QED) is 0.823. The maximum absolute atomic E-state index is 12.6. The van der Waals surface area contributed by atoms with Gasteiger partial charge in [0.05, 0.1) is 11.1 Å². The highest BCUT2D eigenvalue weighted by Crippen LogP contribution is 2.42. The lowest BCUT2D eigenvalue weighted by Gasteiger charge is -2.25. The average molecular weight is 356 g/mol. The number of carboxylic acid groups (broad SMARTS) is 1. The lowest BCUT2D eigenvalue weighted by Crippen LogP contribution is -2.44. The summed E-state index contributed by atoms with van der Waals surface area (Å²) in [5.41, 5.74) is 0.702. The van der Waals surface area contributed by atoms with Crippen molar-refractivity contribution in [3.8, 4) is 0 Å². The van der Waals surface area contributed by atoms with E-state index in [0.29, 0.717) is 17.7 Å². The number of nitrogens with zero attached hydrogens (tertiary/aromatic N) is 2. The van der Waals surface area contributed by atoms with E-state index >= 15 is 0 Å². The molecule has 3 amide bonds. The second-order valence-corrected chi connectivity index (χ2v) is 7.24. The predicted octanol–water partition coefficient (Wildman–Crippen LogP) is 1.38. The molecule has 0 radical (unpaired) electrons. The van der Waals surface area contributed by atoms with E-state index in [2.05, 4.69) is 0 Å². The molecule has 0 spiro atoms. The molecular formula is C19H20N2O5. The van der Waals surface area contributed by atoms with Gasteiger partial charge in [0.25, 0.3) is 11.8 Å². The zero-order valence-corrected chi connectivity index (χ0v) is 14.3. The van der Waals surface area contributed by atoms with Crippen LogP contribution >= 0.6 is 0 Å². The first-order valence-electron chi connectivity index (χ1n) is 8.96. The number of rotatable bonds is 4. The Bertz CT molecular complexity index is 770. The molecule has 7 nitrogen and oxygen atoms in total. The summed E-state index contributed by atoms with van der Waals surface area (Å²) < 4.78 is 0. The maximum Gasteiger partial charge on any atom is 0.326 e. The SMILES string of the molecule is O=C(O)C1C2CCCC2CN1C(=O)CCN1C(=O)c2ccccc2C1=O. The fourth-order valence-corrected chi connectivity index (χ4v) is 4.67. The third-order valence-corrected chi connectivity index (χ3v) is 5.89. The maximum atomic E-state index is 12.6. The van der Waals surface area contributed by atoms with Gasteiger partial charge in [-0.25, -0.2) is 4.79 Å². The molecule has 3 atom stereocenters. The molecule has 1 aromatic carbocycles. The first-order valence-corrected chi connectivity index (χ1v) is 8.96. The van der Waals surface area contributed by atoms with E-state index in [0.717, 1.165) is 24.2 Å². The van der Waals surface area contributed by atoms with Gasteiger partial charge < -0.3 is 10.0 Å². The number of hydrogen-bond donors (Lipinski definition) is 1. The molecule has 0 bridgehead atoms. The first-order chi connectivity index (χ1) is 12.5. The Balaban J connectivity index is 1.44. The van der Waals surface area contributed by atoms with Crippen molar-refractivity contribution in [1.29, 1.82) is 0 Å². The highest BCUT2D eigenvalue weighted by Gasteiger charge is 2.49. The van der Waals surface area contributed by atoms with Crippen LogP contribution in [0.2, 0.25) is 0 Å². The Labute approximate surface area is 150 Å². The normalized spacial score (nSPS) is 27.0. The van der Waals surface area contributed by atoms with Crippen LogP contribution in [0.3, 0.4) is 0 Å². The number of carboxylic acids is 1. The molecule has 1 saturated heterocycles. The number of benzene rings is 1. The largest absolute Gasteiger partial charge is 0.480 e. The van der Waals surface area contributed by atoms with Gasteiger partial charge in [0.15, 0.2) is 0 Å². The summed E-state index contributed by atoms with van der Waals surface area (Å²) in [5.74, 6) is -1.79. The molecule has 7 heteroatoms. The molecular weight excluding hydrogens is 336 g/mol. The number of carbonyl (C=O) groups excluding carboxylic acids is 3. The van der Waals surface area contributed by atoms with Gasteiger partial charge >= 0.3 is 5.97 Å². The summed E-state index contributed by atoms with van der Waals surface area (Å²) in [6.45, 7) is 0.436. The van der Waals surface area contributed by atoms with E-state index in [4.69, 9.17) is 0 Å². The minimum atomic E-state index is -0.964. The van der Waals surface area contributed by atoms with Gasteiger partial charge in [-0.3, -0.25) is 19.3 Å². The average Bonchev–Trinajstić information content (AvgIpc) is 3.27. The van der Waals surface area contributed by atoms with Crippen molar-refractivity contribution in [1.82, 2.24) is 9.80 Å². The summed E-state index contributed by atoms with van der Waals surface area (Å²) in [6, 6.07) is 5.80. The van der Waals surface area contributed by atoms with Gasteiger partial charge in [0.1, 0.15) is 6.04 Å². The molecule has 1 N–H and O–H groups in total. The smallest absolute Gasteiger partial charge is 0.326 e. The van der Waals surface area contributed by atoms with Crippen molar-refractivity contribution in [3.05, 3.63) is 35.4 Å². The summed E-state index contributed by atoms with van der Waals surface area (Å²) in [5, 5.41) is 9.55. The number of likely N-dealkylation sites (tertiary alicyclic amines) is 1. The van der Waals surface area contributed by atoms with Gasteiger partial charge in [-0.1, -0.05) is 18.6 Å². The topological polar surface area (TPSA) is 95.0 Å². The van der Waals surface area contributed by atoms with E-state index < -0.39 is 23.8 Å². The Hall–Kier alpha value is -2.70. The molecule has 2 fully saturated rings. The van der Waals surface area contributed by atoms with Crippen molar-refractivity contribution in [2.75, 3.05) is 13.1 Å². The number of amides is 3. The zero-order chi connectivity index (χ0) is 18.4. The third-order valence-electron chi connectivity index (χ3n) is 5.89. The molecule has 4 rings (SSSR count). The zero-order valence-electron chi connectivity index (χ0n) is 14.3. The number of carbonyl (C=O) groups is 4. The van der Waals surface area contributed by atoms with E-state index in [-0.39, 0.29) is 30.7 Å².